The van der Waals surface area contributed by atoms with Gasteiger partial charge in [-0.05, 0) is 12.1 Å². The predicted octanol–water partition coefficient (Wildman–Crippen LogP) is 2.66. The van der Waals surface area contributed by atoms with E-state index in [1.54, 1.807) is 17.7 Å². The van der Waals surface area contributed by atoms with Gasteiger partial charge in [-0.3, -0.25) is 0 Å². The third-order valence-corrected chi connectivity index (χ3v) is 2.82. The van der Waals surface area contributed by atoms with Gasteiger partial charge in [-0.1, -0.05) is 17.7 Å². The molecule has 0 aliphatic carbocycles. The smallest absolute Gasteiger partial charge is 0.147 e. The molecule has 0 radical (unpaired) electrons. The molecular weight excluding hydrogens is 257 g/mol. The summed E-state index contributed by atoms with van der Waals surface area (Å²) in [7, 11) is 1.74. The minimum absolute atomic E-state index is 0.112. The Morgan fingerprint density at radius 3 is 2.94 bits per heavy atom. The number of aromatic nitrogens is 2. The van der Waals surface area contributed by atoms with Crippen LogP contribution in [0.2, 0.25) is 5.15 Å². The van der Waals surface area contributed by atoms with Crippen LogP contribution in [0, 0.1) is 17.1 Å². The molecule has 1 aromatic heterocycles. The van der Waals surface area contributed by atoms with E-state index in [1.165, 1.54) is 24.4 Å². The molecule has 18 heavy (non-hydrogen) atoms. The van der Waals surface area contributed by atoms with E-state index < -0.39 is 5.82 Å². The normalized spacial score (nSPS) is 10.1. The number of hydrogen-bond acceptors (Lipinski definition) is 3. The van der Waals surface area contributed by atoms with Crippen molar-refractivity contribution >= 4 is 11.6 Å². The van der Waals surface area contributed by atoms with Gasteiger partial charge in [0.05, 0.1) is 6.20 Å². The summed E-state index contributed by atoms with van der Waals surface area (Å²) in [4.78, 5) is 4.04. The number of halogens is 2. The molecule has 0 fully saturated rings. The van der Waals surface area contributed by atoms with Crippen LogP contribution in [0.3, 0.4) is 0 Å². The predicted molar refractivity (Wildman–Crippen MR) is 63.7 cm³/mol. The van der Waals surface area contributed by atoms with Crippen molar-refractivity contribution in [1.82, 2.24) is 9.55 Å². The molecule has 0 aliphatic rings. The van der Waals surface area contributed by atoms with Gasteiger partial charge >= 0.3 is 0 Å². The van der Waals surface area contributed by atoms with Gasteiger partial charge in [0.2, 0.25) is 0 Å². The zero-order valence-electron chi connectivity index (χ0n) is 9.52. The van der Waals surface area contributed by atoms with E-state index in [4.69, 9.17) is 21.6 Å². The lowest BCUT2D eigenvalue weighted by molar-refractivity contribution is 0.289. The summed E-state index contributed by atoms with van der Waals surface area (Å²) in [6.45, 7) is 0.112. The van der Waals surface area contributed by atoms with Gasteiger partial charge < -0.3 is 9.30 Å². The molecule has 0 bridgehead atoms. The van der Waals surface area contributed by atoms with Crippen LogP contribution in [-0.4, -0.2) is 9.55 Å². The molecular formula is C12H9ClFN3O. The maximum Gasteiger partial charge on any atom is 0.147 e. The molecule has 2 aromatic rings. The van der Waals surface area contributed by atoms with Crippen LogP contribution in [0.4, 0.5) is 4.39 Å². The minimum Gasteiger partial charge on any atom is -0.484 e. The average Bonchev–Trinajstić information content (AvgIpc) is 2.68. The number of imidazole rings is 1. The van der Waals surface area contributed by atoms with Gasteiger partial charge in [0, 0.05) is 7.05 Å². The first kappa shape index (κ1) is 12.4. The van der Waals surface area contributed by atoms with Crippen LogP contribution < -0.4 is 4.74 Å². The molecule has 0 saturated carbocycles. The fraction of sp³-hybridized carbons (Fsp3) is 0.167. The molecule has 0 N–H and O–H groups in total. The van der Waals surface area contributed by atoms with Crippen molar-refractivity contribution in [2.45, 2.75) is 6.61 Å². The molecule has 6 heteroatoms. The largest absolute Gasteiger partial charge is 0.484 e. The van der Waals surface area contributed by atoms with Crippen molar-refractivity contribution in [3.63, 3.8) is 0 Å². The Kier molecular flexibility index (Phi) is 3.49. The summed E-state index contributed by atoms with van der Waals surface area (Å²) in [5.74, 6) is 0.178. The molecule has 0 aliphatic heterocycles. The molecule has 4 nitrogen and oxygen atoms in total. The molecule has 0 spiro atoms. The molecule has 1 aromatic carbocycles. The molecule has 1 heterocycles. The number of nitriles is 1. The maximum atomic E-state index is 13.3. The second-order valence-electron chi connectivity index (χ2n) is 3.57. The number of rotatable bonds is 3. The van der Waals surface area contributed by atoms with E-state index in [1.807, 2.05) is 0 Å². The number of benzene rings is 1. The lowest BCUT2D eigenvalue weighted by Gasteiger charge is -2.08. The van der Waals surface area contributed by atoms with Crippen molar-refractivity contribution in [1.29, 1.82) is 5.26 Å². The first-order chi connectivity index (χ1) is 8.63. The topological polar surface area (TPSA) is 50.8 Å². The fourth-order valence-electron chi connectivity index (χ4n) is 1.43. The Bertz CT molecular complexity index is 618. The Morgan fingerprint density at radius 2 is 2.33 bits per heavy atom. The van der Waals surface area contributed by atoms with Crippen molar-refractivity contribution in [2.75, 3.05) is 0 Å². The van der Waals surface area contributed by atoms with Crippen LogP contribution in [0.5, 0.6) is 5.75 Å². The molecule has 2 rings (SSSR count). The number of hydrogen-bond donors (Lipinski definition) is 0. The molecule has 92 valence electrons. The summed E-state index contributed by atoms with van der Waals surface area (Å²) in [5, 5.41) is 9.32. The average molecular weight is 266 g/mol. The first-order valence-electron chi connectivity index (χ1n) is 5.11. The van der Waals surface area contributed by atoms with Gasteiger partial charge in [-0.15, -0.1) is 0 Å². The van der Waals surface area contributed by atoms with Crippen molar-refractivity contribution in [3.8, 4) is 11.8 Å². The maximum absolute atomic E-state index is 13.3. The van der Waals surface area contributed by atoms with Crippen molar-refractivity contribution in [3.05, 3.63) is 46.8 Å². The van der Waals surface area contributed by atoms with Gasteiger partial charge in [-0.2, -0.15) is 5.26 Å². The second-order valence-corrected chi connectivity index (χ2v) is 3.96. The van der Waals surface area contributed by atoms with Gasteiger partial charge in [-0.25, -0.2) is 9.37 Å². The Balaban J connectivity index is 2.19. The molecule has 0 atom stereocenters. The summed E-state index contributed by atoms with van der Waals surface area (Å²) in [5.41, 5.74) is -0.113. The second kappa shape index (κ2) is 5.07. The lowest BCUT2D eigenvalue weighted by atomic mass is 10.2. The zero-order chi connectivity index (χ0) is 13.1. The van der Waals surface area contributed by atoms with Crippen molar-refractivity contribution in [2.24, 2.45) is 7.05 Å². The third kappa shape index (κ3) is 2.29. The first-order valence-corrected chi connectivity index (χ1v) is 5.48. The summed E-state index contributed by atoms with van der Waals surface area (Å²) >= 11 is 5.83. The highest BCUT2D eigenvalue weighted by atomic mass is 35.5. The Hall–Kier alpha value is -2.06. The zero-order valence-corrected chi connectivity index (χ0v) is 10.3. The molecule has 0 amide bonds. The van der Waals surface area contributed by atoms with Crippen LogP contribution in [0.1, 0.15) is 11.4 Å². The quantitative estimate of drug-likeness (QED) is 0.857. The van der Waals surface area contributed by atoms with Crippen LogP contribution >= 0.6 is 11.6 Å². The summed E-state index contributed by atoms with van der Waals surface area (Å²) in [6.07, 6.45) is 1.50. The van der Waals surface area contributed by atoms with E-state index in [9.17, 15) is 4.39 Å². The number of ether oxygens (including phenoxy) is 1. The Morgan fingerprint density at radius 1 is 1.56 bits per heavy atom. The van der Waals surface area contributed by atoms with Crippen LogP contribution in [-0.2, 0) is 13.7 Å². The number of nitrogens with zero attached hydrogens (tertiary/aromatic N) is 3. The molecule has 0 unspecified atom stereocenters. The van der Waals surface area contributed by atoms with Crippen LogP contribution in [0.25, 0.3) is 0 Å². The van der Waals surface area contributed by atoms with E-state index in [-0.39, 0.29) is 17.9 Å². The third-order valence-electron chi connectivity index (χ3n) is 2.47. The highest BCUT2D eigenvalue weighted by Crippen LogP contribution is 2.21. The van der Waals surface area contributed by atoms with E-state index in [0.29, 0.717) is 11.0 Å². The van der Waals surface area contributed by atoms with Gasteiger partial charge in [0.25, 0.3) is 0 Å². The minimum atomic E-state index is -0.604. The van der Waals surface area contributed by atoms with E-state index in [0.717, 1.165) is 0 Å². The van der Waals surface area contributed by atoms with Gasteiger partial charge in [0.15, 0.2) is 0 Å². The van der Waals surface area contributed by atoms with Gasteiger partial charge in [0.1, 0.15) is 40.8 Å². The highest BCUT2D eigenvalue weighted by Gasteiger charge is 2.10. The summed E-state index contributed by atoms with van der Waals surface area (Å²) in [6, 6.07) is 5.99. The molecule has 0 saturated heterocycles. The monoisotopic (exact) mass is 265 g/mol. The Labute approximate surface area is 108 Å². The van der Waals surface area contributed by atoms with E-state index in [2.05, 4.69) is 4.98 Å². The van der Waals surface area contributed by atoms with Crippen LogP contribution in [0.15, 0.2) is 24.4 Å². The highest BCUT2D eigenvalue weighted by molar-refractivity contribution is 6.29. The van der Waals surface area contributed by atoms with Crippen molar-refractivity contribution < 1.29 is 9.13 Å². The lowest BCUT2D eigenvalue weighted by Crippen LogP contribution is -2.05. The standard InChI is InChI=1S/C12H9ClFN3O/c1-17-11(13)6-16-12(17)7-18-10-4-2-3-9(14)8(10)5-15/h2-4,6H,7H2,1H3. The fourth-order valence-corrected chi connectivity index (χ4v) is 1.58. The SMILES string of the molecule is Cn1c(Cl)cnc1COc1cccc(F)c1C#N. The summed E-state index contributed by atoms with van der Waals surface area (Å²) < 4.78 is 20.3. The van der Waals surface area contributed by atoms with E-state index >= 15 is 0 Å².